The van der Waals surface area contributed by atoms with Gasteiger partial charge in [0, 0.05) is 31.0 Å². The Balaban J connectivity index is 2.03. The zero-order chi connectivity index (χ0) is 13.9. The first-order valence-corrected chi connectivity index (χ1v) is 7.24. The monoisotopic (exact) mass is 280 g/mol. The Bertz CT molecular complexity index is 647. The molecule has 0 fully saturated rings. The number of anilines is 1. The average Bonchev–Trinajstić information content (AvgIpc) is 2.83. The Hall–Kier alpha value is -1.86. The number of sulfonamides is 1. The van der Waals surface area contributed by atoms with Crippen molar-refractivity contribution in [2.75, 3.05) is 12.4 Å². The van der Waals surface area contributed by atoms with Crippen molar-refractivity contribution in [2.24, 2.45) is 7.05 Å². The predicted octanol–water partition coefficient (Wildman–Crippen LogP) is 0.940. The highest BCUT2D eigenvalue weighted by Crippen LogP contribution is 2.14. The van der Waals surface area contributed by atoms with E-state index in [4.69, 9.17) is 0 Å². The highest BCUT2D eigenvalue weighted by atomic mass is 32.2. The SMILES string of the molecule is CNS(=O)(=O)c1ccc(NCc2cnn(C)c2)cc1. The van der Waals surface area contributed by atoms with Crippen molar-refractivity contribution in [1.82, 2.24) is 14.5 Å². The van der Waals surface area contributed by atoms with Crippen LogP contribution in [0.3, 0.4) is 0 Å². The Kier molecular flexibility index (Phi) is 3.87. The van der Waals surface area contributed by atoms with Crippen LogP contribution in [0.25, 0.3) is 0 Å². The molecule has 19 heavy (non-hydrogen) atoms. The lowest BCUT2D eigenvalue weighted by molar-refractivity contribution is 0.588. The molecule has 0 saturated heterocycles. The van der Waals surface area contributed by atoms with Gasteiger partial charge in [0.05, 0.1) is 11.1 Å². The van der Waals surface area contributed by atoms with Gasteiger partial charge in [0.2, 0.25) is 10.0 Å². The third-order valence-corrected chi connectivity index (χ3v) is 4.12. The van der Waals surface area contributed by atoms with Crippen LogP contribution in [0.2, 0.25) is 0 Å². The second-order valence-corrected chi connectivity index (χ2v) is 5.99. The highest BCUT2D eigenvalue weighted by molar-refractivity contribution is 7.89. The van der Waals surface area contributed by atoms with Crippen molar-refractivity contribution in [3.63, 3.8) is 0 Å². The van der Waals surface area contributed by atoms with E-state index in [-0.39, 0.29) is 4.90 Å². The lowest BCUT2D eigenvalue weighted by Gasteiger charge is -2.06. The summed E-state index contributed by atoms with van der Waals surface area (Å²) in [6, 6.07) is 6.61. The number of hydrogen-bond donors (Lipinski definition) is 2. The van der Waals surface area contributed by atoms with Gasteiger partial charge >= 0.3 is 0 Å². The lowest BCUT2D eigenvalue weighted by Crippen LogP contribution is -2.18. The van der Waals surface area contributed by atoms with Gasteiger partial charge in [0.25, 0.3) is 0 Å². The van der Waals surface area contributed by atoms with Crippen LogP contribution in [0.5, 0.6) is 0 Å². The number of nitrogens with zero attached hydrogens (tertiary/aromatic N) is 2. The summed E-state index contributed by atoms with van der Waals surface area (Å²) in [5.41, 5.74) is 1.92. The summed E-state index contributed by atoms with van der Waals surface area (Å²) in [4.78, 5) is 0.252. The fraction of sp³-hybridized carbons (Fsp3) is 0.250. The quantitative estimate of drug-likeness (QED) is 0.854. The largest absolute Gasteiger partial charge is 0.381 e. The summed E-state index contributed by atoms with van der Waals surface area (Å²) >= 11 is 0. The van der Waals surface area contributed by atoms with Crippen LogP contribution in [0.4, 0.5) is 5.69 Å². The standard InChI is InChI=1S/C12H16N4O2S/c1-13-19(17,18)12-5-3-11(4-6-12)14-7-10-8-15-16(2)9-10/h3-6,8-9,13-14H,7H2,1-2H3. The average molecular weight is 280 g/mol. The summed E-state index contributed by atoms with van der Waals surface area (Å²) in [6.07, 6.45) is 3.71. The Morgan fingerprint density at radius 2 is 1.95 bits per heavy atom. The van der Waals surface area contributed by atoms with Gasteiger partial charge in [-0.1, -0.05) is 0 Å². The number of aromatic nitrogens is 2. The summed E-state index contributed by atoms with van der Waals surface area (Å²) in [7, 11) is -0.115. The molecule has 1 aromatic carbocycles. The maximum Gasteiger partial charge on any atom is 0.240 e. The normalized spacial score (nSPS) is 11.5. The molecule has 2 aromatic rings. The van der Waals surface area contributed by atoms with Crippen molar-refractivity contribution >= 4 is 15.7 Å². The molecule has 0 spiro atoms. The summed E-state index contributed by atoms with van der Waals surface area (Å²) < 4.78 is 27.1. The first-order valence-electron chi connectivity index (χ1n) is 5.76. The van der Waals surface area contributed by atoms with Crippen molar-refractivity contribution in [3.8, 4) is 0 Å². The van der Waals surface area contributed by atoms with E-state index in [1.807, 2.05) is 13.2 Å². The van der Waals surface area contributed by atoms with Crippen molar-refractivity contribution in [2.45, 2.75) is 11.4 Å². The van der Waals surface area contributed by atoms with E-state index < -0.39 is 10.0 Å². The predicted molar refractivity (Wildman–Crippen MR) is 73.2 cm³/mol. The van der Waals surface area contributed by atoms with Crippen LogP contribution in [0.15, 0.2) is 41.6 Å². The van der Waals surface area contributed by atoms with Crippen LogP contribution in [0, 0.1) is 0 Å². The van der Waals surface area contributed by atoms with Crippen LogP contribution < -0.4 is 10.0 Å². The number of rotatable bonds is 5. The van der Waals surface area contributed by atoms with Gasteiger partial charge in [0.15, 0.2) is 0 Å². The second-order valence-electron chi connectivity index (χ2n) is 4.11. The molecule has 0 aliphatic rings. The zero-order valence-electron chi connectivity index (χ0n) is 10.8. The summed E-state index contributed by atoms with van der Waals surface area (Å²) in [5.74, 6) is 0. The van der Waals surface area contributed by atoms with Gasteiger partial charge in [-0.05, 0) is 31.3 Å². The molecule has 0 aliphatic carbocycles. The van der Waals surface area contributed by atoms with Crippen molar-refractivity contribution in [1.29, 1.82) is 0 Å². The second kappa shape index (κ2) is 5.41. The molecule has 0 unspecified atom stereocenters. The van der Waals surface area contributed by atoms with Gasteiger partial charge in [-0.2, -0.15) is 5.10 Å². The van der Waals surface area contributed by atoms with Crippen LogP contribution in [0.1, 0.15) is 5.56 Å². The minimum atomic E-state index is -3.37. The molecule has 0 atom stereocenters. The molecule has 0 saturated carbocycles. The number of nitrogens with one attached hydrogen (secondary N) is 2. The van der Waals surface area contributed by atoms with Gasteiger partial charge in [-0.25, -0.2) is 13.1 Å². The first kappa shape index (κ1) is 13.6. The molecule has 0 bridgehead atoms. The number of benzene rings is 1. The van der Waals surface area contributed by atoms with Gasteiger partial charge in [-0.3, -0.25) is 4.68 Å². The Labute approximate surface area is 112 Å². The minimum Gasteiger partial charge on any atom is -0.381 e. The van der Waals surface area contributed by atoms with Crippen LogP contribution >= 0.6 is 0 Å². The van der Waals surface area contributed by atoms with E-state index in [2.05, 4.69) is 15.1 Å². The maximum atomic E-state index is 11.6. The number of aryl methyl sites for hydroxylation is 1. The summed E-state index contributed by atoms with van der Waals surface area (Å²) in [6.45, 7) is 0.645. The minimum absolute atomic E-state index is 0.252. The van der Waals surface area contributed by atoms with Crippen LogP contribution in [-0.2, 0) is 23.6 Å². The Morgan fingerprint density at radius 1 is 1.26 bits per heavy atom. The van der Waals surface area contributed by atoms with E-state index in [0.717, 1.165) is 11.3 Å². The van der Waals surface area contributed by atoms with Crippen molar-refractivity contribution < 1.29 is 8.42 Å². The van der Waals surface area contributed by atoms with E-state index in [9.17, 15) is 8.42 Å². The zero-order valence-corrected chi connectivity index (χ0v) is 11.6. The van der Waals surface area contributed by atoms with Crippen LogP contribution in [-0.4, -0.2) is 25.2 Å². The molecule has 1 heterocycles. The van der Waals surface area contributed by atoms with E-state index in [0.29, 0.717) is 6.54 Å². The third-order valence-electron chi connectivity index (χ3n) is 2.69. The lowest BCUT2D eigenvalue weighted by atomic mass is 10.3. The topological polar surface area (TPSA) is 76.0 Å². The highest BCUT2D eigenvalue weighted by Gasteiger charge is 2.10. The van der Waals surface area contributed by atoms with E-state index in [1.165, 1.54) is 7.05 Å². The van der Waals surface area contributed by atoms with E-state index in [1.54, 1.807) is 35.1 Å². The van der Waals surface area contributed by atoms with E-state index >= 15 is 0 Å². The fourth-order valence-electron chi connectivity index (χ4n) is 1.64. The molecule has 6 nitrogen and oxygen atoms in total. The van der Waals surface area contributed by atoms with Crippen molar-refractivity contribution in [3.05, 3.63) is 42.2 Å². The molecule has 0 radical (unpaired) electrons. The summed E-state index contributed by atoms with van der Waals surface area (Å²) in [5, 5.41) is 7.28. The van der Waals surface area contributed by atoms with Gasteiger partial charge in [-0.15, -0.1) is 0 Å². The molecule has 1 aromatic heterocycles. The smallest absolute Gasteiger partial charge is 0.240 e. The molecule has 2 N–H and O–H groups in total. The third kappa shape index (κ3) is 3.33. The molecule has 2 rings (SSSR count). The van der Waals surface area contributed by atoms with Gasteiger partial charge in [0.1, 0.15) is 0 Å². The van der Waals surface area contributed by atoms with Gasteiger partial charge < -0.3 is 5.32 Å². The molecule has 0 amide bonds. The number of hydrogen-bond acceptors (Lipinski definition) is 4. The molecular formula is C12H16N4O2S. The first-order chi connectivity index (χ1) is 9.01. The fourth-order valence-corrected chi connectivity index (χ4v) is 2.37. The Morgan fingerprint density at radius 3 is 2.47 bits per heavy atom. The molecular weight excluding hydrogens is 264 g/mol. The molecule has 0 aliphatic heterocycles. The molecule has 7 heteroatoms. The maximum absolute atomic E-state index is 11.6. The molecule has 102 valence electrons.